The summed E-state index contributed by atoms with van der Waals surface area (Å²) in [7, 11) is 0. The van der Waals surface area contributed by atoms with Crippen molar-refractivity contribution >= 4 is 17.5 Å². The van der Waals surface area contributed by atoms with E-state index in [9.17, 15) is 9.59 Å². The van der Waals surface area contributed by atoms with Gasteiger partial charge in [0.15, 0.2) is 0 Å². The zero-order valence-corrected chi connectivity index (χ0v) is 16.4. The molecule has 0 unspecified atom stereocenters. The number of nitrogens with one attached hydrogen (secondary N) is 1. The molecule has 148 valence electrons. The maximum Gasteiger partial charge on any atom is 0.251 e. The predicted octanol–water partition coefficient (Wildman–Crippen LogP) is 3.88. The molecule has 2 aromatic carbocycles. The molecule has 6 nitrogen and oxygen atoms in total. The number of carbonyl (C=O) groups excluding carboxylic acids is 2. The Bertz CT molecular complexity index is 979. The van der Waals surface area contributed by atoms with Crippen LogP contribution in [0.5, 0.6) is 0 Å². The molecular weight excluding hydrogens is 364 g/mol. The Morgan fingerprint density at radius 2 is 1.76 bits per heavy atom. The highest BCUT2D eigenvalue weighted by Crippen LogP contribution is 2.22. The number of carbonyl (C=O) groups is 2. The Morgan fingerprint density at radius 3 is 2.41 bits per heavy atom. The molecule has 0 spiro atoms. The van der Waals surface area contributed by atoms with E-state index in [2.05, 4.69) is 10.3 Å². The molecule has 1 aliphatic heterocycles. The molecule has 29 heavy (non-hydrogen) atoms. The number of hydrogen-bond donors (Lipinski definition) is 1. The van der Waals surface area contributed by atoms with Gasteiger partial charge in [0.2, 0.25) is 5.91 Å². The van der Waals surface area contributed by atoms with Crippen LogP contribution in [0.2, 0.25) is 0 Å². The van der Waals surface area contributed by atoms with Crippen LogP contribution in [-0.4, -0.2) is 27.9 Å². The van der Waals surface area contributed by atoms with Crippen LogP contribution in [-0.2, 0) is 4.79 Å². The highest BCUT2D eigenvalue weighted by molar-refractivity contribution is 5.97. The van der Waals surface area contributed by atoms with Gasteiger partial charge in [-0.15, -0.1) is 0 Å². The van der Waals surface area contributed by atoms with Crippen LogP contribution in [0.1, 0.15) is 48.1 Å². The van der Waals surface area contributed by atoms with Crippen LogP contribution in [0.4, 0.5) is 5.69 Å². The zero-order valence-electron chi connectivity index (χ0n) is 16.4. The van der Waals surface area contributed by atoms with E-state index in [-0.39, 0.29) is 17.9 Å². The summed E-state index contributed by atoms with van der Waals surface area (Å²) < 4.78 is 1.93. The van der Waals surface area contributed by atoms with Crippen LogP contribution in [0.25, 0.3) is 5.69 Å². The minimum absolute atomic E-state index is 0.123. The quantitative estimate of drug-likeness (QED) is 0.721. The molecule has 6 heteroatoms. The normalized spacial score (nSPS) is 15.2. The van der Waals surface area contributed by atoms with E-state index in [1.807, 2.05) is 54.1 Å². The van der Waals surface area contributed by atoms with E-state index in [1.165, 1.54) is 0 Å². The molecule has 2 amide bonds. The smallest absolute Gasteiger partial charge is 0.251 e. The van der Waals surface area contributed by atoms with Gasteiger partial charge in [0.1, 0.15) is 0 Å². The minimum Gasteiger partial charge on any atom is -0.346 e. The molecule has 0 saturated carbocycles. The third-order valence-corrected chi connectivity index (χ3v) is 5.31. The second-order valence-electron chi connectivity index (χ2n) is 7.31. The van der Waals surface area contributed by atoms with Gasteiger partial charge in [-0.2, -0.15) is 0 Å². The standard InChI is InChI=1S/C23H24N4O2/c1-17(18-5-9-20(10-6-18)26-15-13-24-16-26)25-23(29)19-7-11-21(12-8-19)27-14-3-2-4-22(27)28/h5-13,15-17H,2-4,14H2,1H3,(H,25,29)/t17-/m1/s1. The molecule has 1 atom stereocenters. The fraction of sp³-hybridized carbons (Fsp3) is 0.261. The molecule has 1 N–H and O–H groups in total. The summed E-state index contributed by atoms with van der Waals surface area (Å²) in [5.41, 5.74) is 3.49. The maximum atomic E-state index is 12.6. The first-order valence-electron chi connectivity index (χ1n) is 9.91. The number of anilines is 1. The second-order valence-corrected chi connectivity index (χ2v) is 7.31. The van der Waals surface area contributed by atoms with Gasteiger partial charge in [-0.25, -0.2) is 4.98 Å². The number of amides is 2. The maximum absolute atomic E-state index is 12.6. The van der Waals surface area contributed by atoms with Gasteiger partial charge in [-0.3, -0.25) is 9.59 Å². The lowest BCUT2D eigenvalue weighted by molar-refractivity contribution is -0.119. The average Bonchev–Trinajstić information content (AvgIpc) is 3.29. The Balaban J connectivity index is 1.40. The van der Waals surface area contributed by atoms with Gasteiger partial charge in [-0.05, 0) is 61.7 Å². The molecule has 0 radical (unpaired) electrons. The average molecular weight is 388 g/mol. The van der Waals surface area contributed by atoms with Crippen molar-refractivity contribution in [2.45, 2.75) is 32.2 Å². The van der Waals surface area contributed by atoms with Crippen LogP contribution >= 0.6 is 0 Å². The van der Waals surface area contributed by atoms with E-state index >= 15 is 0 Å². The summed E-state index contributed by atoms with van der Waals surface area (Å²) in [4.78, 5) is 30.5. The molecule has 1 aromatic heterocycles. The van der Waals surface area contributed by atoms with Crippen molar-refractivity contribution in [3.05, 3.63) is 78.4 Å². The lowest BCUT2D eigenvalue weighted by Crippen LogP contribution is -2.35. The summed E-state index contributed by atoms with van der Waals surface area (Å²) in [6, 6.07) is 15.2. The topological polar surface area (TPSA) is 67.2 Å². The Morgan fingerprint density at radius 1 is 1.03 bits per heavy atom. The summed E-state index contributed by atoms with van der Waals surface area (Å²) in [6.45, 7) is 2.71. The molecule has 2 heterocycles. The summed E-state index contributed by atoms with van der Waals surface area (Å²) >= 11 is 0. The van der Waals surface area contributed by atoms with Crippen molar-refractivity contribution in [1.29, 1.82) is 0 Å². The van der Waals surface area contributed by atoms with E-state index in [4.69, 9.17) is 0 Å². The number of hydrogen-bond acceptors (Lipinski definition) is 3. The number of imidazole rings is 1. The van der Waals surface area contributed by atoms with E-state index < -0.39 is 0 Å². The molecule has 0 aliphatic carbocycles. The van der Waals surface area contributed by atoms with Crippen LogP contribution < -0.4 is 10.2 Å². The lowest BCUT2D eigenvalue weighted by atomic mass is 10.1. The van der Waals surface area contributed by atoms with Gasteiger partial charge in [0.05, 0.1) is 12.4 Å². The first-order valence-corrected chi connectivity index (χ1v) is 9.91. The first kappa shape index (κ1) is 18.9. The van der Waals surface area contributed by atoms with Crippen LogP contribution in [0.3, 0.4) is 0 Å². The minimum atomic E-state index is -0.132. The number of benzene rings is 2. The third kappa shape index (κ3) is 4.21. The molecular formula is C23H24N4O2. The summed E-state index contributed by atoms with van der Waals surface area (Å²) in [5.74, 6) is 0.0221. The largest absolute Gasteiger partial charge is 0.346 e. The molecule has 4 rings (SSSR count). The van der Waals surface area contributed by atoms with Gasteiger partial charge in [-0.1, -0.05) is 12.1 Å². The first-order chi connectivity index (χ1) is 14.1. The van der Waals surface area contributed by atoms with Crippen LogP contribution in [0.15, 0.2) is 67.3 Å². The third-order valence-electron chi connectivity index (χ3n) is 5.31. The molecule has 1 fully saturated rings. The van der Waals surface area contributed by atoms with Gasteiger partial charge < -0.3 is 14.8 Å². The molecule has 3 aromatic rings. The van der Waals surface area contributed by atoms with Crippen molar-refractivity contribution in [3.63, 3.8) is 0 Å². The highest BCUT2D eigenvalue weighted by Gasteiger charge is 2.20. The van der Waals surface area contributed by atoms with E-state index in [1.54, 1.807) is 29.6 Å². The predicted molar refractivity (Wildman–Crippen MR) is 112 cm³/mol. The zero-order chi connectivity index (χ0) is 20.2. The van der Waals surface area contributed by atoms with Gasteiger partial charge in [0, 0.05) is 42.3 Å². The molecule has 1 saturated heterocycles. The second kappa shape index (κ2) is 8.31. The van der Waals surface area contributed by atoms with Gasteiger partial charge in [0.25, 0.3) is 5.91 Å². The number of rotatable bonds is 5. The van der Waals surface area contributed by atoms with Crippen molar-refractivity contribution in [2.75, 3.05) is 11.4 Å². The fourth-order valence-corrected chi connectivity index (χ4v) is 3.58. The number of piperidine rings is 1. The number of aromatic nitrogens is 2. The highest BCUT2D eigenvalue weighted by atomic mass is 16.2. The van der Waals surface area contributed by atoms with Crippen molar-refractivity contribution < 1.29 is 9.59 Å². The molecule has 0 bridgehead atoms. The fourth-order valence-electron chi connectivity index (χ4n) is 3.58. The summed E-state index contributed by atoms with van der Waals surface area (Å²) in [5, 5.41) is 3.04. The Hall–Kier alpha value is -3.41. The van der Waals surface area contributed by atoms with E-state index in [0.717, 1.165) is 36.3 Å². The lowest BCUT2D eigenvalue weighted by Gasteiger charge is -2.26. The van der Waals surface area contributed by atoms with Gasteiger partial charge >= 0.3 is 0 Å². The van der Waals surface area contributed by atoms with E-state index in [0.29, 0.717) is 12.0 Å². The van der Waals surface area contributed by atoms with Crippen molar-refractivity contribution in [1.82, 2.24) is 14.9 Å². The van der Waals surface area contributed by atoms with Crippen molar-refractivity contribution in [2.24, 2.45) is 0 Å². The Labute approximate surface area is 170 Å². The monoisotopic (exact) mass is 388 g/mol. The van der Waals surface area contributed by atoms with Crippen LogP contribution in [0, 0.1) is 0 Å². The molecule has 1 aliphatic rings. The SMILES string of the molecule is C[C@@H](NC(=O)c1ccc(N2CCCCC2=O)cc1)c1ccc(-n2ccnc2)cc1. The summed E-state index contributed by atoms with van der Waals surface area (Å²) in [6.07, 6.45) is 7.95. The Kier molecular flexibility index (Phi) is 5.42. The number of nitrogens with zero attached hydrogens (tertiary/aromatic N) is 3. The van der Waals surface area contributed by atoms with Crippen molar-refractivity contribution in [3.8, 4) is 5.69 Å².